The van der Waals surface area contributed by atoms with Gasteiger partial charge in [-0.15, -0.1) is 0 Å². The molecular formula is C37H56O9. The Morgan fingerprint density at radius 3 is 2.20 bits per heavy atom. The first kappa shape index (κ1) is 34.1. The molecule has 5 fully saturated rings. The van der Waals surface area contributed by atoms with Gasteiger partial charge < -0.3 is 29.9 Å². The Morgan fingerprint density at radius 2 is 1.54 bits per heavy atom. The molecule has 13 atom stereocenters. The predicted molar refractivity (Wildman–Crippen MR) is 169 cm³/mol. The summed E-state index contributed by atoms with van der Waals surface area (Å²) in [7, 11) is 0. The lowest BCUT2D eigenvalue weighted by Gasteiger charge is -2.71. The largest absolute Gasteiger partial charge is 0.481 e. The highest BCUT2D eigenvalue weighted by molar-refractivity contribution is 5.87. The molecule has 4 saturated carbocycles. The van der Waals surface area contributed by atoms with Crippen molar-refractivity contribution in [1.82, 2.24) is 0 Å². The van der Waals surface area contributed by atoms with Gasteiger partial charge in [0.25, 0.3) is 6.47 Å². The second-order valence-corrected chi connectivity index (χ2v) is 18.1. The first-order chi connectivity index (χ1) is 21.3. The number of carboxylic acids is 1. The van der Waals surface area contributed by atoms with E-state index in [2.05, 4.69) is 54.5 Å². The van der Waals surface area contributed by atoms with E-state index in [9.17, 15) is 34.8 Å². The van der Waals surface area contributed by atoms with Crippen LogP contribution in [-0.2, 0) is 23.9 Å². The summed E-state index contributed by atoms with van der Waals surface area (Å²) in [5, 5.41) is 42.2. The third-order valence-corrected chi connectivity index (χ3v) is 15.5. The first-order valence-corrected chi connectivity index (χ1v) is 17.6. The minimum atomic E-state index is -1.69. The molecule has 0 bridgehead atoms. The number of Topliss-reactive ketones (excluding diaryl/α,β-unsaturated/α-hetero) is 1. The molecule has 0 radical (unpaired) electrons. The number of carboxylic acid groups (broad SMARTS) is 1. The van der Waals surface area contributed by atoms with Crippen LogP contribution in [0.2, 0.25) is 0 Å². The molecule has 46 heavy (non-hydrogen) atoms. The maximum atomic E-state index is 14.1. The molecule has 258 valence electrons. The summed E-state index contributed by atoms with van der Waals surface area (Å²) >= 11 is 0. The van der Waals surface area contributed by atoms with E-state index in [-0.39, 0.29) is 45.8 Å². The number of aliphatic hydroxyl groups is 3. The van der Waals surface area contributed by atoms with Crippen LogP contribution >= 0.6 is 0 Å². The molecular weight excluding hydrogens is 588 g/mol. The molecule has 4 N–H and O–H groups in total. The number of rotatable bonds is 5. The number of ether oxygens (including phenoxy) is 2. The van der Waals surface area contributed by atoms with Crippen molar-refractivity contribution in [2.45, 2.75) is 143 Å². The maximum absolute atomic E-state index is 14.1. The van der Waals surface area contributed by atoms with Crippen LogP contribution in [0.4, 0.5) is 0 Å². The lowest BCUT2D eigenvalue weighted by Crippen LogP contribution is -2.66. The van der Waals surface area contributed by atoms with E-state index in [1.807, 2.05) is 0 Å². The number of fused-ring (bicyclic) bond motifs is 7. The van der Waals surface area contributed by atoms with Crippen LogP contribution in [0.1, 0.15) is 113 Å². The van der Waals surface area contributed by atoms with E-state index >= 15 is 0 Å². The van der Waals surface area contributed by atoms with E-state index < -0.39 is 53.4 Å². The zero-order valence-corrected chi connectivity index (χ0v) is 28.8. The number of aliphatic carboxylic acids is 1. The molecule has 5 aliphatic carbocycles. The first-order valence-electron chi connectivity index (χ1n) is 17.6. The van der Waals surface area contributed by atoms with Gasteiger partial charge in [0.1, 0.15) is 24.4 Å². The standard InChI is InChI=1S/C37H56O9/c1-32(2)14-16-37(31(43)44)17-15-35(6)20(22(37)18-32)8-9-24-34(5)12-10-21(33(3,4)23(34)11-13-36(24,35)7)25(39)29-27(41)26(40)28(42)30(46-29)45-19-38/h8,19,21-24,26-30,40-42H,9-18H2,1-7H3,(H,43,44)/t21-,22?,23?,24?,26?,27+,28+,29+,30?,34+,35-,36-,37+/m1/s1. The molecule has 0 aromatic heterocycles. The van der Waals surface area contributed by atoms with Crippen molar-refractivity contribution in [3.8, 4) is 0 Å². The molecule has 1 aliphatic heterocycles. The van der Waals surface area contributed by atoms with Crippen LogP contribution in [0.25, 0.3) is 0 Å². The highest BCUT2D eigenvalue weighted by Crippen LogP contribution is 2.76. The maximum Gasteiger partial charge on any atom is 0.310 e. The molecule has 1 heterocycles. The van der Waals surface area contributed by atoms with Gasteiger partial charge in [-0.2, -0.15) is 0 Å². The zero-order valence-electron chi connectivity index (χ0n) is 28.8. The molecule has 9 heteroatoms. The van der Waals surface area contributed by atoms with Gasteiger partial charge in [-0.1, -0.05) is 60.1 Å². The smallest absolute Gasteiger partial charge is 0.310 e. The number of carbonyl (C=O) groups is 3. The second kappa shape index (κ2) is 10.8. The summed E-state index contributed by atoms with van der Waals surface area (Å²) in [6.07, 6.45) is 3.01. The molecule has 1 saturated heterocycles. The molecule has 5 unspecified atom stereocenters. The summed E-state index contributed by atoms with van der Waals surface area (Å²) in [6, 6.07) is 0. The summed E-state index contributed by atoms with van der Waals surface area (Å²) in [5.41, 5.74) is 0.232. The van der Waals surface area contributed by atoms with Crippen molar-refractivity contribution in [2.75, 3.05) is 0 Å². The summed E-state index contributed by atoms with van der Waals surface area (Å²) in [4.78, 5) is 38.1. The molecule has 0 spiro atoms. The van der Waals surface area contributed by atoms with Gasteiger partial charge in [-0.05, 0) is 109 Å². The second-order valence-electron chi connectivity index (χ2n) is 18.1. The number of ketones is 1. The van der Waals surface area contributed by atoms with Crippen molar-refractivity contribution in [1.29, 1.82) is 0 Å². The average molecular weight is 645 g/mol. The van der Waals surface area contributed by atoms with Gasteiger partial charge in [0, 0.05) is 5.92 Å². The highest BCUT2D eigenvalue weighted by atomic mass is 16.7. The minimum absolute atomic E-state index is 0.0101. The van der Waals surface area contributed by atoms with Crippen LogP contribution in [0.15, 0.2) is 11.6 Å². The molecule has 0 amide bonds. The molecule has 6 rings (SSSR count). The van der Waals surface area contributed by atoms with Crippen molar-refractivity contribution in [3.63, 3.8) is 0 Å². The van der Waals surface area contributed by atoms with E-state index in [1.54, 1.807) is 0 Å². The van der Waals surface area contributed by atoms with Crippen LogP contribution in [0, 0.1) is 56.2 Å². The van der Waals surface area contributed by atoms with Gasteiger partial charge in [0.15, 0.2) is 5.78 Å². The van der Waals surface area contributed by atoms with Crippen LogP contribution < -0.4 is 0 Å². The highest BCUT2D eigenvalue weighted by Gasteiger charge is 2.70. The van der Waals surface area contributed by atoms with Crippen molar-refractivity contribution in [2.24, 2.45) is 56.2 Å². The molecule has 6 aliphatic rings. The Kier molecular flexibility index (Phi) is 8.03. The number of carbonyl (C=O) groups excluding carboxylic acids is 2. The normalized spacial score (nSPS) is 50.8. The van der Waals surface area contributed by atoms with E-state index in [4.69, 9.17) is 9.47 Å². The van der Waals surface area contributed by atoms with Gasteiger partial charge in [0.2, 0.25) is 6.29 Å². The van der Waals surface area contributed by atoms with Gasteiger partial charge in [0.05, 0.1) is 5.41 Å². The zero-order chi connectivity index (χ0) is 33.8. The van der Waals surface area contributed by atoms with Crippen LogP contribution in [-0.4, -0.2) is 69.4 Å². The average Bonchev–Trinajstić information content (AvgIpc) is 2.97. The quantitative estimate of drug-likeness (QED) is 0.238. The van der Waals surface area contributed by atoms with Crippen molar-refractivity contribution in [3.05, 3.63) is 11.6 Å². The van der Waals surface area contributed by atoms with Gasteiger partial charge in [-0.3, -0.25) is 14.4 Å². The Hall–Kier alpha value is -1.81. The third-order valence-electron chi connectivity index (χ3n) is 15.5. The summed E-state index contributed by atoms with van der Waals surface area (Å²) in [5.74, 6) is -0.753. The Balaban J connectivity index is 1.31. The Labute approximate surface area is 273 Å². The SMILES string of the molecule is CC1(C)CC[C@]2(C(=O)O)CC[C@]3(C)C(=CCC4[C@@]5(C)CC[C@H](C(=O)[C@@H]6OC(OC=O)[C@@H](O)C(O)[C@@H]6O)C(C)(C)C5CC[C@]43C)C2C1. The van der Waals surface area contributed by atoms with E-state index in [1.165, 1.54) is 5.57 Å². The minimum Gasteiger partial charge on any atom is -0.481 e. The van der Waals surface area contributed by atoms with E-state index in [0.29, 0.717) is 12.3 Å². The topological polar surface area (TPSA) is 151 Å². The number of aliphatic hydroxyl groups excluding tert-OH is 3. The molecule has 9 nitrogen and oxygen atoms in total. The Morgan fingerprint density at radius 1 is 0.870 bits per heavy atom. The molecule has 0 aromatic rings. The van der Waals surface area contributed by atoms with Crippen molar-refractivity contribution < 1.29 is 44.3 Å². The lowest BCUT2D eigenvalue weighted by atomic mass is 9.33. The summed E-state index contributed by atoms with van der Waals surface area (Å²) in [6.45, 7) is 16.3. The van der Waals surface area contributed by atoms with Crippen molar-refractivity contribution >= 4 is 18.2 Å². The Bertz CT molecular complexity index is 1310. The third kappa shape index (κ3) is 4.50. The van der Waals surface area contributed by atoms with Gasteiger partial charge in [-0.25, -0.2) is 0 Å². The van der Waals surface area contributed by atoms with Crippen LogP contribution in [0.3, 0.4) is 0 Å². The number of hydrogen-bond acceptors (Lipinski definition) is 8. The fraction of sp³-hybridized carbons (Fsp3) is 0.865. The molecule has 0 aromatic carbocycles. The fourth-order valence-corrected chi connectivity index (χ4v) is 12.6. The predicted octanol–water partition coefficient (Wildman–Crippen LogP) is 5.04. The van der Waals surface area contributed by atoms with E-state index in [0.717, 1.165) is 57.8 Å². The lowest BCUT2D eigenvalue weighted by molar-refractivity contribution is -0.280. The van der Waals surface area contributed by atoms with Gasteiger partial charge >= 0.3 is 5.97 Å². The number of hydrogen-bond donors (Lipinski definition) is 4. The van der Waals surface area contributed by atoms with Crippen LogP contribution in [0.5, 0.6) is 0 Å². The fourth-order valence-electron chi connectivity index (χ4n) is 12.6. The number of allylic oxidation sites excluding steroid dienone is 2. The summed E-state index contributed by atoms with van der Waals surface area (Å²) < 4.78 is 10.4. The monoisotopic (exact) mass is 644 g/mol.